The highest BCUT2D eigenvalue weighted by molar-refractivity contribution is 6.30. The second-order valence-electron chi connectivity index (χ2n) is 7.03. The zero-order valence-corrected chi connectivity index (χ0v) is 17.0. The number of benzene rings is 2. The van der Waals surface area contributed by atoms with Crippen LogP contribution in [0.3, 0.4) is 0 Å². The summed E-state index contributed by atoms with van der Waals surface area (Å²) in [5.74, 6) is 1.36. The minimum absolute atomic E-state index is 0.0611. The Balaban J connectivity index is 1.24. The summed E-state index contributed by atoms with van der Waals surface area (Å²) in [5.41, 5.74) is 0.887. The molecule has 4 rings (SSSR count). The van der Waals surface area contributed by atoms with E-state index in [0.29, 0.717) is 42.1 Å². The lowest BCUT2D eigenvalue weighted by molar-refractivity contribution is -0.135. The molecule has 0 N–H and O–H groups in total. The van der Waals surface area contributed by atoms with Crippen molar-refractivity contribution in [2.45, 2.75) is 6.54 Å². The first-order valence-electron chi connectivity index (χ1n) is 9.66. The van der Waals surface area contributed by atoms with E-state index >= 15 is 0 Å². The second-order valence-corrected chi connectivity index (χ2v) is 7.46. The van der Waals surface area contributed by atoms with Crippen LogP contribution in [0.5, 0.6) is 5.75 Å². The van der Waals surface area contributed by atoms with Crippen molar-refractivity contribution in [1.82, 2.24) is 14.8 Å². The van der Waals surface area contributed by atoms with Gasteiger partial charge in [0, 0.05) is 36.8 Å². The third-order valence-electron chi connectivity index (χ3n) is 4.92. The first-order valence-corrected chi connectivity index (χ1v) is 10.0. The van der Waals surface area contributed by atoms with Crippen molar-refractivity contribution in [3.8, 4) is 17.1 Å². The number of aromatic nitrogens is 1. The molecule has 0 saturated carbocycles. The van der Waals surface area contributed by atoms with Gasteiger partial charge in [0.2, 0.25) is 5.89 Å². The van der Waals surface area contributed by atoms with E-state index < -0.39 is 0 Å². The number of hydrogen-bond acceptors (Lipinski definition) is 5. The molecule has 1 amide bonds. The quantitative estimate of drug-likeness (QED) is 0.595. The number of carbonyl (C=O) groups excluding carboxylic acids is 1. The van der Waals surface area contributed by atoms with Crippen molar-refractivity contribution < 1.29 is 18.3 Å². The Morgan fingerprint density at radius 1 is 1.13 bits per heavy atom. The van der Waals surface area contributed by atoms with Crippen LogP contribution in [0, 0.1) is 5.82 Å². The van der Waals surface area contributed by atoms with Gasteiger partial charge in [0.05, 0.1) is 12.7 Å². The normalized spacial score (nSPS) is 14.7. The summed E-state index contributed by atoms with van der Waals surface area (Å²) in [5, 5.41) is 0.648. The fraction of sp³-hybridized carbons (Fsp3) is 0.273. The van der Waals surface area contributed by atoms with Crippen molar-refractivity contribution in [2.75, 3.05) is 32.8 Å². The standard InChI is InChI=1S/C22H21ClFN3O3/c23-17-3-1-2-16(12-17)20-13-25-21(30-20)14-26-8-10-27(11-9-26)22(28)15-29-19-6-4-18(24)5-7-19/h1-7,12-13H,8-11,14-15H2. The number of ether oxygens (including phenoxy) is 1. The minimum atomic E-state index is -0.337. The van der Waals surface area contributed by atoms with Crippen molar-refractivity contribution in [3.05, 3.63) is 71.5 Å². The molecule has 2 heterocycles. The lowest BCUT2D eigenvalue weighted by Crippen LogP contribution is -2.49. The summed E-state index contributed by atoms with van der Waals surface area (Å²) in [6, 6.07) is 13.1. The summed E-state index contributed by atoms with van der Waals surface area (Å²) in [6.07, 6.45) is 1.70. The van der Waals surface area contributed by atoms with Crippen molar-refractivity contribution in [3.63, 3.8) is 0 Å². The Hall–Kier alpha value is -2.90. The number of amides is 1. The van der Waals surface area contributed by atoms with E-state index in [1.807, 2.05) is 24.3 Å². The third kappa shape index (κ3) is 5.17. The van der Waals surface area contributed by atoms with Crippen LogP contribution < -0.4 is 4.74 Å². The van der Waals surface area contributed by atoms with Crippen LogP contribution in [0.4, 0.5) is 4.39 Å². The van der Waals surface area contributed by atoms with Gasteiger partial charge in [0.25, 0.3) is 5.91 Å². The van der Waals surface area contributed by atoms with Gasteiger partial charge in [-0.15, -0.1) is 0 Å². The van der Waals surface area contributed by atoms with E-state index in [-0.39, 0.29) is 18.3 Å². The number of oxazole rings is 1. The number of nitrogens with zero attached hydrogens (tertiary/aromatic N) is 3. The predicted molar refractivity (Wildman–Crippen MR) is 111 cm³/mol. The Kier molecular flexibility index (Phi) is 6.30. The highest BCUT2D eigenvalue weighted by Gasteiger charge is 2.22. The molecule has 0 atom stereocenters. The molecule has 0 unspecified atom stereocenters. The van der Waals surface area contributed by atoms with Crippen LogP contribution in [0.25, 0.3) is 11.3 Å². The van der Waals surface area contributed by atoms with Gasteiger partial charge in [0.15, 0.2) is 12.4 Å². The van der Waals surface area contributed by atoms with Crippen LogP contribution in [0.15, 0.2) is 59.1 Å². The molecular formula is C22H21ClFN3O3. The monoisotopic (exact) mass is 429 g/mol. The molecule has 1 aromatic heterocycles. The number of rotatable bonds is 6. The highest BCUT2D eigenvalue weighted by atomic mass is 35.5. The second kappa shape index (κ2) is 9.28. The SMILES string of the molecule is O=C(COc1ccc(F)cc1)N1CCN(Cc2ncc(-c3cccc(Cl)c3)o2)CC1. The van der Waals surface area contributed by atoms with Crippen LogP contribution in [-0.4, -0.2) is 53.5 Å². The van der Waals surface area contributed by atoms with E-state index in [4.69, 9.17) is 20.8 Å². The topological polar surface area (TPSA) is 58.8 Å². The maximum Gasteiger partial charge on any atom is 0.260 e. The molecule has 8 heteroatoms. The molecule has 1 aliphatic heterocycles. The van der Waals surface area contributed by atoms with Gasteiger partial charge in [0.1, 0.15) is 11.6 Å². The third-order valence-corrected chi connectivity index (χ3v) is 5.16. The van der Waals surface area contributed by atoms with Crippen molar-refractivity contribution in [2.24, 2.45) is 0 Å². The molecule has 1 fully saturated rings. The Bertz CT molecular complexity index is 1000. The maximum absolute atomic E-state index is 12.9. The molecule has 6 nitrogen and oxygen atoms in total. The van der Waals surface area contributed by atoms with E-state index in [2.05, 4.69) is 9.88 Å². The summed E-state index contributed by atoms with van der Waals surface area (Å²) in [4.78, 5) is 20.7. The number of piperazine rings is 1. The Morgan fingerprint density at radius 2 is 1.90 bits per heavy atom. The average Bonchev–Trinajstić information content (AvgIpc) is 3.22. The molecule has 3 aromatic rings. The fourth-order valence-electron chi connectivity index (χ4n) is 3.27. The van der Waals surface area contributed by atoms with E-state index in [0.717, 1.165) is 18.7 Å². The average molecular weight is 430 g/mol. The van der Waals surface area contributed by atoms with E-state index in [1.165, 1.54) is 24.3 Å². The van der Waals surface area contributed by atoms with Gasteiger partial charge in [-0.3, -0.25) is 9.69 Å². The fourth-order valence-corrected chi connectivity index (χ4v) is 3.46. The van der Waals surface area contributed by atoms with Crippen molar-refractivity contribution >= 4 is 17.5 Å². The zero-order chi connectivity index (χ0) is 20.9. The van der Waals surface area contributed by atoms with Gasteiger partial charge < -0.3 is 14.1 Å². The van der Waals surface area contributed by atoms with Crippen LogP contribution in [-0.2, 0) is 11.3 Å². The maximum atomic E-state index is 12.9. The van der Waals surface area contributed by atoms with Gasteiger partial charge in [-0.25, -0.2) is 9.37 Å². The van der Waals surface area contributed by atoms with Gasteiger partial charge in [-0.2, -0.15) is 0 Å². The Labute approximate surface area is 178 Å². The van der Waals surface area contributed by atoms with E-state index in [1.54, 1.807) is 11.1 Å². The van der Waals surface area contributed by atoms with Gasteiger partial charge in [-0.05, 0) is 36.4 Å². The molecule has 0 spiro atoms. The summed E-state index contributed by atoms with van der Waals surface area (Å²) in [7, 11) is 0. The highest BCUT2D eigenvalue weighted by Crippen LogP contribution is 2.24. The van der Waals surface area contributed by atoms with Crippen LogP contribution in [0.2, 0.25) is 5.02 Å². The molecule has 1 saturated heterocycles. The minimum Gasteiger partial charge on any atom is -0.484 e. The van der Waals surface area contributed by atoms with Crippen molar-refractivity contribution in [1.29, 1.82) is 0 Å². The lowest BCUT2D eigenvalue weighted by atomic mass is 10.2. The molecule has 30 heavy (non-hydrogen) atoms. The summed E-state index contributed by atoms with van der Waals surface area (Å²) in [6.45, 7) is 3.16. The summed E-state index contributed by atoms with van der Waals surface area (Å²) >= 11 is 6.03. The lowest BCUT2D eigenvalue weighted by Gasteiger charge is -2.33. The Morgan fingerprint density at radius 3 is 2.63 bits per heavy atom. The zero-order valence-electron chi connectivity index (χ0n) is 16.3. The number of halogens is 2. The molecule has 1 aliphatic rings. The molecule has 0 aliphatic carbocycles. The van der Waals surface area contributed by atoms with Crippen LogP contribution in [0.1, 0.15) is 5.89 Å². The molecule has 0 bridgehead atoms. The summed E-state index contributed by atoms with van der Waals surface area (Å²) < 4.78 is 24.2. The smallest absolute Gasteiger partial charge is 0.260 e. The molecule has 2 aromatic carbocycles. The number of hydrogen-bond donors (Lipinski definition) is 0. The predicted octanol–water partition coefficient (Wildman–Crippen LogP) is 3.86. The molecule has 0 radical (unpaired) electrons. The molecule has 156 valence electrons. The first kappa shape index (κ1) is 20.4. The first-order chi connectivity index (χ1) is 14.6. The van der Waals surface area contributed by atoms with Gasteiger partial charge in [-0.1, -0.05) is 23.7 Å². The molecular weight excluding hydrogens is 409 g/mol. The number of carbonyl (C=O) groups is 1. The van der Waals surface area contributed by atoms with Gasteiger partial charge >= 0.3 is 0 Å². The van der Waals surface area contributed by atoms with Crippen LogP contribution >= 0.6 is 11.6 Å². The van der Waals surface area contributed by atoms with E-state index in [9.17, 15) is 9.18 Å². The largest absolute Gasteiger partial charge is 0.484 e.